The van der Waals surface area contributed by atoms with Gasteiger partial charge in [-0.15, -0.1) is 11.8 Å². The zero-order valence-corrected chi connectivity index (χ0v) is 26.6. The monoisotopic (exact) mass is 646 g/mol. The van der Waals surface area contributed by atoms with E-state index in [9.17, 15) is 14.4 Å². The number of amides is 2. The normalized spacial score (nSPS) is 12.7. The highest BCUT2D eigenvalue weighted by Crippen LogP contribution is 2.41. The van der Waals surface area contributed by atoms with Crippen LogP contribution in [-0.2, 0) is 16.1 Å². The maximum absolute atomic E-state index is 13.4. The van der Waals surface area contributed by atoms with Crippen molar-refractivity contribution in [1.29, 1.82) is 0 Å². The topological polar surface area (TPSA) is 114 Å². The zero-order valence-electron chi connectivity index (χ0n) is 25.0. The van der Waals surface area contributed by atoms with Gasteiger partial charge < -0.3 is 20.1 Å². The van der Waals surface area contributed by atoms with E-state index < -0.39 is 5.97 Å². The van der Waals surface area contributed by atoms with Crippen molar-refractivity contribution in [2.75, 3.05) is 30.3 Å². The fraction of sp³-hybridized carbons (Fsp3) is 0.294. The Morgan fingerprint density at radius 1 is 1.09 bits per heavy atom. The van der Waals surface area contributed by atoms with Gasteiger partial charge in [0.1, 0.15) is 5.75 Å². The van der Waals surface area contributed by atoms with Crippen molar-refractivity contribution in [3.05, 3.63) is 94.8 Å². The van der Waals surface area contributed by atoms with E-state index in [4.69, 9.17) is 21.4 Å². The fourth-order valence-electron chi connectivity index (χ4n) is 5.15. The van der Waals surface area contributed by atoms with Crippen LogP contribution in [0.25, 0.3) is 11.1 Å². The summed E-state index contributed by atoms with van der Waals surface area (Å²) in [4.78, 5) is 39.6. The van der Waals surface area contributed by atoms with Gasteiger partial charge in [0.05, 0.1) is 31.5 Å². The molecular formula is C34H35ClN4O5S. The molecule has 45 heavy (non-hydrogen) atoms. The molecule has 0 atom stereocenters. The minimum atomic E-state index is -0.961. The Bertz CT molecular complexity index is 1690. The number of benzene rings is 3. The molecule has 0 saturated carbocycles. The van der Waals surface area contributed by atoms with Gasteiger partial charge in [-0.2, -0.15) is 5.10 Å². The van der Waals surface area contributed by atoms with Gasteiger partial charge in [0.25, 0.3) is 5.91 Å². The average molecular weight is 647 g/mol. The van der Waals surface area contributed by atoms with Crippen molar-refractivity contribution in [2.45, 2.75) is 44.0 Å². The molecule has 0 aliphatic carbocycles. The first-order valence-electron chi connectivity index (χ1n) is 14.9. The molecule has 0 radical (unpaired) electrons. The van der Waals surface area contributed by atoms with Crippen molar-refractivity contribution in [1.82, 2.24) is 15.1 Å². The van der Waals surface area contributed by atoms with E-state index >= 15 is 0 Å². The van der Waals surface area contributed by atoms with Gasteiger partial charge in [-0.1, -0.05) is 41.9 Å². The lowest BCUT2D eigenvalue weighted by molar-refractivity contribution is -0.136. The van der Waals surface area contributed by atoms with Crippen molar-refractivity contribution in [2.24, 2.45) is 0 Å². The highest BCUT2D eigenvalue weighted by molar-refractivity contribution is 7.99. The van der Waals surface area contributed by atoms with Crippen LogP contribution in [0, 0.1) is 6.92 Å². The lowest BCUT2D eigenvalue weighted by Crippen LogP contribution is -2.32. The maximum Gasteiger partial charge on any atom is 0.305 e. The number of anilines is 1. The molecular weight excluding hydrogens is 612 g/mol. The van der Waals surface area contributed by atoms with Crippen LogP contribution in [0.1, 0.15) is 47.2 Å². The van der Waals surface area contributed by atoms with Gasteiger partial charge in [0.15, 0.2) is 0 Å². The minimum absolute atomic E-state index is 0.0709. The minimum Gasteiger partial charge on any atom is -0.493 e. The van der Waals surface area contributed by atoms with E-state index in [1.54, 1.807) is 30.0 Å². The summed E-state index contributed by atoms with van der Waals surface area (Å²) in [6.07, 6.45) is 5.54. The summed E-state index contributed by atoms with van der Waals surface area (Å²) in [5.74, 6) is 0.442. The lowest BCUT2D eigenvalue weighted by atomic mass is 10.1. The number of thioether (sulfide) groups is 1. The van der Waals surface area contributed by atoms with Crippen LogP contribution in [0.3, 0.4) is 0 Å². The summed E-state index contributed by atoms with van der Waals surface area (Å²) < 4.78 is 7.73. The molecule has 2 amide bonds. The number of aliphatic carboxylic acids is 1. The van der Waals surface area contributed by atoms with Crippen LogP contribution in [-0.4, -0.2) is 58.1 Å². The molecule has 0 saturated heterocycles. The smallest absolute Gasteiger partial charge is 0.305 e. The van der Waals surface area contributed by atoms with E-state index in [1.807, 2.05) is 65.3 Å². The van der Waals surface area contributed by atoms with Crippen molar-refractivity contribution in [3.8, 4) is 16.9 Å². The molecule has 0 bridgehead atoms. The Kier molecular flexibility index (Phi) is 10.8. The van der Waals surface area contributed by atoms with E-state index in [0.29, 0.717) is 43.1 Å². The summed E-state index contributed by atoms with van der Waals surface area (Å²) in [5, 5.41) is 16.7. The first-order valence-corrected chi connectivity index (χ1v) is 16.2. The summed E-state index contributed by atoms with van der Waals surface area (Å²) in [6, 6.07) is 18.8. The molecule has 4 aromatic rings. The number of halogens is 1. The molecule has 5 rings (SSSR count). The Labute approximate surface area is 271 Å². The third kappa shape index (κ3) is 8.26. The molecule has 1 aliphatic rings. The molecule has 1 aliphatic heterocycles. The molecule has 9 nitrogen and oxygen atoms in total. The quantitative estimate of drug-likeness (QED) is 0.170. The van der Waals surface area contributed by atoms with Crippen LogP contribution in [0.15, 0.2) is 78.0 Å². The number of carboxylic acid groups (broad SMARTS) is 1. The largest absolute Gasteiger partial charge is 0.493 e. The Balaban J connectivity index is 1.25. The number of nitrogens with zero attached hydrogens (tertiary/aromatic N) is 3. The van der Waals surface area contributed by atoms with Gasteiger partial charge in [0.2, 0.25) is 5.91 Å². The number of nitrogens with one attached hydrogen (secondary N) is 1. The van der Waals surface area contributed by atoms with Gasteiger partial charge in [-0.05, 0) is 61.4 Å². The number of hydrogen-bond acceptors (Lipinski definition) is 6. The third-order valence-corrected chi connectivity index (χ3v) is 9.09. The molecule has 2 heterocycles. The molecule has 1 aromatic heterocycles. The summed E-state index contributed by atoms with van der Waals surface area (Å²) >= 11 is 7.96. The summed E-state index contributed by atoms with van der Waals surface area (Å²) in [7, 11) is 0. The van der Waals surface area contributed by atoms with Gasteiger partial charge in [-0.3, -0.25) is 19.1 Å². The van der Waals surface area contributed by atoms with Crippen LogP contribution in [0.2, 0.25) is 5.02 Å². The number of ether oxygens (including phenoxy) is 1. The van der Waals surface area contributed by atoms with Crippen LogP contribution in [0.4, 0.5) is 5.69 Å². The summed E-state index contributed by atoms with van der Waals surface area (Å²) in [6.45, 7) is 3.54. The van der Waals surface area contributed by atoms with Crippen LogP contribution < -0.4 is 15.0 Å². The second-order valence-electron chi connectivity index (χ2n) is 10.7. The van der Waals surface area contributed by atoms with Gasteiger partial charge in [-0.25, -0.2) is 0 Å². The number of aromatic nitrogens is 2. The third-order valence-electron chi connectivity index (χ3n) is 7.47. The zero-order chi connectivity index (χ0) is 31.8. The number of carbonyl (C=O) groups excluding carboxylic acids is 2. The molecule has 11 heteroatoms. The van der Waals surface area contributed by atoms with Crippen molar-refractivity contribution in [3.63, 3.8) is 0 Å². The number of carboxylic acids is 1. The Hall–Kier alpha value is -4.28. The second kappa shape index (κ2) is 15.1. The molecule has 3 aromatic carbocycles. The van der Waals surface area contributed by atoms with E-state index in [2.05, 4.69) is 16.5 Å². The standard InChI is InChI=1S/C34H35ClN4O5S/c1-23-28(35)10-4-12-30(23)44-17-5-13-31(40)39-16-6-18-45-33-27(9-3-11-29(33)39)26-20-37-38(22-26)21-24-7-2-8-25(19-24)34(43)36-15-14-32(41)42/h2-4,7-12,19-20,22H,5-6,13-18,21H2,1H3,(H,36,43)(H,41,42). The molecule has 0 unspecified atom stereocenters. The lowest BCUT2D eigenvalue weighted by Gasteiger charge is -2.23. The van der Waals surface area contributed by atoms with Crippen molar-refractivity contribution >= 4 is 46.8 Å². The predicted octanol–water partition coefficient (Wildman–Crippen LogP) is 6.45. The first-order chi connectivity index (χ1) is 21.8. The summed E-state index contributed by atoms with van der Waals surface area (Å²) in [5.41, 5.74) is 5.14. The SMILES string of the molecule is Cc1c(Cl)cccc1OCCCC(=O)N1CCCSc2c(-c3cnn(Cc4cccc(C(=O)NCCC(=O)O)c4)c3)cccc21. The highest BCUT2D eigenvalue weighted by atomic mass is 35.5. The van der Waals surface area contributed by atoms with Gasteiger partial charge in [0, 0.05) is 57.9 Å². The number of carbonyl (C=O) groups is 3. The van der Waals surface area contributed by atoms with Crippen molar-refractivity contribution < 1.29 is 24.2 Å². The molecule has 0 spiro atoms. The first kappa shape index (κ1) is 32.1. The van der Waals surface area contributed by atoms with Crippen LogP contribution in [0.5, 0.6) is 5.75 Å². The van der Waals surface area contributed by atoms with E-state index in [-0.39, 0.29) is 24.8 Å². The fourth-order valence-corrected chi connectivity index (χ4v) is 6.46. The average Bonchev–Trinajstić information content (AvgIpc) is 3.37. The molecule has 0 fully saturated rings. The van der Waals surface area contributed by atoms with E-state index in [0.717, 1.165) is 50.8 Å². The van der Waals surface area contributed by atoms with E-state index in [1.165, 1.54) is 0 Å². The molecule has 2 N–H and O–H groups in total. The van der Waals surface area contributed by atoms with Crippen LogP contribution >= 0.6 is 23.4 Å². The maximum atomic E-state index is 13.4. The Morgan fingerprint density at radius 2 is 1.91 bits per heavy atom. The molecule has 234 valence electrons. The number of hydrogen-bond donors (Lipinski definition) is 2. The highest BCUT2D eigenvalue weighted by Gasteiger charge is 2.24. The van der Waals surface area contributed by atoms with Gasteiger partial charge >= 0.3 is 5.97 Å². The second-order valence-corrected chi connectivity index (χ2v) is 12.3. The predicted molar refractivity (Wildman–Crippen MR) is 176 cm³/mol. The Morgan fingerprint density at radius 3 is 2.76 bits per heavy atom. The number of fused-ring (bicyclic) bond motifs is 1. The number of rotatable bonds is 12.